The Morgan fingerprint density at radius 1 is 1.27 bits per heavy atom. The molecule has 0 bridgehead atoms. The van der Waals surface area contributed by atoms with Crippen LogP contribution in [0.3, 0.4) is 0 Å². The van der Waals surface area contributed by atoms with Gasteiger partial charge in [0.2, 0.25) is 0 Å². The molecule has 2 aromatic rings. The predicted octanol–water partition coefficient (Wildman–Crippen LogP) is 3.98. The zero-order valence-corrected chi connectivity index (χ0v) is 14.1. The molecule has 1 aromatic heterocycles. The number of anilines is 2. The van der Waals surface area contributed by atoms with Gasteiger partial charge >= 0.3 is 0 Å². The Kier molecular flexibility index (Phi) is 4.43. The second kappa shape index (κ2) is 6.48. The molecule has 2 heterocycles. The summed E-state index contributed by atoms with van der Waals surface area (Å²) in [4.78, 5) is 3.85. The lowest BCUT2D eigenvalue weighted by atomic mass is 10.1. The van der Waals surface area contributed by atoms with E-state index in [1.54, 1.807) is 25.6 Å². The molecule has 1 N–H and O–H groups in total. The van der Waals surface area contributed by atoms with Crippen LogP contribution < -0.4 is 19.7 Å². The molecular formula is C17H22N2O2S. The molecule has 0 aliphatic carbocycles. The Balaban J connectivity index is 2.00. The standard InChI is InChI=1S/C17H22N2O2S/c1-4-12-10-18-14-8-16(20-2)17(21-3)9-15(14)19(12)11-13-6-5-7-22-13/h5-9,12,18H,4,10-11H2,1-3H3. The summed E-state index contributed by atoms with van der Waals surface area (Å²) in [5.41, 5.74) is 2.29. The molecule has 0 saturated heterocycles. The van der Waals surface area contributed by atoms with Crippen LogP contribution in [-0.4, -0.2) is 26.8 Å². The van der Waals surface area contributed by atoms with Crippen LogP contribution in [0, 0.1) is 0 Å². The minimum Gasteiger partial charge on any atom is -0.493 e. The molecule has 1 aliphatic rings. The van der Waals surface area contributed by atoms with E-state index in [9.17, 15) is 0 Å². The largest absolute Gasteiger partial charge is 0.493 e. The maximum absolute atomic E-state index is 5.48. The van der Waals surface area contributed by atoms with Crippen LogP contribution in [-0.2, 0) is 6.54 Å². The maximum Gasteiger partial charge on any atom is 0.162 e. The molecule has 0 fully saturated rings. The van der Waals surface area contributed by atoms with Crippen LogP contribution in [0.1, 0.15) is 18.2 Å². The first-order chi connectivity index (χ1) is 10.8. The summed E-state index contributed by atoms with van der Waals surface area (Å²) in [6, 6.07) is 8.89. The van der Waals surface area contributed by atoms with Crippen molar-refractivity contribution in [1.29, 1.82) is 0 Å². The van der Waals surface area contributed by atoms with Gasteiger partial charge in [-0.25, -0.2) is 0 Å². The van der Waals surface area contributed by atoms with E-state index < -0.39 is 0 Å². The molecule has 118 valence electrons. The molecular weight excluding hydrogens is 296 g/mol. The molecule has 3 rings (SSSR count). The van der Waals surface area contributed by atoms with Crippen LogP contribution in [0.25, 0.3) is 0 Å². The third-order valence-electron chi connectivity index (χ3n) is 4.16. The van der Waals surface area contributed by atoms with Crippen molar-refractivity contribution in [3.63, 3.8) is 0 Å². The highest BCUT2D eigenvalue weighted by atomic mass is 32.1. The smallest absolute Gasteiger partial charge is 0.162 e. The SMILES string of the molecule is CCC1CNc2cc(OC)c(OC)cc2N1Cc1cccs1. The van der Waals surface area contributed by atoms with E-state index in [1.807, 2.05) is 6.07 Å². The molecule has 1 aliphatic heterocycles. The van der Waals surface area contributed by atoms with E-state index in [0.29, 0.717) is 6.04 Å². The fraction of sp³-hybridized carbons (Fsp3) is 0.412. The molecule has 4 nitrogen and oxygen atoms in total. The monoisotopic (exact) mass is 318 g/mol. The summed E-state index contributed by atoms with van der Waals surface area (Å²) >= 11 is 1.80. The van der Waals surface area contributed by atoms with E-state index >= 15 is 0 Å². The van der Waals surface area contributed by atoms with Crippen LogP contribution >= 0.6 is 11.3 Å². The van der Waals surface area contributed by atoms with Gasteiger partial charge in [-0.15, -0.1) is 11.3 Å². The summed E-state index contributed by atoms with van der Waals surface area (Å²) in [7, 11) is 3.35. The van der Waals surface area contributed by atoms with Gasteiger partial charge in [-0.2, -0.15) is 0 Å². The van der Waals surface area contributed by atoms with E-state index in [-0.39, 0.29) is 0 Å². The van der Waals surface area contributed by atoms with Crippen molar-refractivity contribution in [2.45, 2.75) is 25.9 Å². The van der Waals surface area contributed by atoms with Crippen molar-refractivity contribution in [3.05, 3.63) is 34.5 Å². The van der Waals surface area contributed by atoms with Crippen LogP contribution in [0.2, 0.25) is 0 Å². The fourth-order valence-corrected chi connectivity index (χ4v) is 3.63. The number of fused-ring (bicyclic) bond motifs is 1. The first-order valence-electron chi connectivity index (χ1n) is 7.55. The van der Waals surface area contributed by atoms with Gasteiger partial charge in [0.1, 0.15) is 0 Å². The highest BCUT2D eigenvalue weighted by Crippen LogP contribution is 2.42. The highest BCUT2D eigenvalue weighted by molar-refractivity contribution is 7.09. The Bertz CT molecular complexity index is 628. The van der Waals surface area contributed by atoms with Crippen molar-refractivity contribution < 1.29 is 9.47 Å². The average molecular weight is 318 g/mol. The number of methoxy groups -OCH3 is 2. The summed E-state index contributed by atoms with van der Waals surface area (Å²) in [5.74, 6) is 1.54. The van der Waals surface area contributed by atoms with Crippen molar-refractivity contribution in [2.24, 2.45) is 0 Å². The summed E-state index contributed by atoms with van der Waals surface area (Å²) < 4.78 is 10.9. The zero-order valence-electron chi connectivity index (χ0n) is 13.3. The maximum atomic E-state index is 5.48. The topological polar surface area (TPSA) is 33.7 Å². The number of rotatable bonds is 5. The third-order valence-corrected chi connectivity index (χ3v) is 5.02. The molecule has 0 amide bonds. The van der Waals surface area contributed by atoms with Gasteiger partial charge in [0.15, 0.2) is 11.5 Å². The van der Waals surface area contributed by atoms with Crippen LogP contribution in [0.4, 0.5) is 11.4 Å². The van der Waals surface area contributed by atoms with E-state index in [1.165, 1.54) is 10.6 Å². The first-order valence-corrected chi connectivity index (χ1v) is 8.43. The Morgan fingerprint density at radius 3 is 2.68 bits per heavy atom. The number of ether oxygens (including phenoxy) is 2. The van der Waals surface area contributed by atoms with E-state index in [4.69, 9.17) is 9.47 Å². The third kappa shape index (κ3) is 2.73. The predicted molar refractivity (Wildman–Crippen MR) is 92.6 cm³/mol. The quantitative estimate of drug-likeness (QED) is 0.904. The van der Waals surface area contributed by atoms with Gasteiger partial charge in [-0.05, 0) is 17.9 Å². The Hall–Kier alpha value is -1.88. The second-order valence-corrected chi connectivity index (χ2v) is 6.41. The molecule has 1 atom stereocenters. The molecule has 1 unspecified atom stereocenters. The van der Waals surface area contributed by atoms with Gasteiger partial charge in [0, 0.05) is 29.6 Å². The van der Waals surface area contributed by atoms with Gasteiger partial charge in [-0.1, -0.05) is 13.0 Å². The van der Waals surface area contributed by atoms with Crippen molar-refractivity contribution in [1.82, 2.24) is 0 Å². The Labute approximate surface area is 135 Å². The number of thiophene rings is 1. The lowest BCUT2D eigenvalue weighted by Gasteiger charge is -2.39. The number of benzene rings is 1. The molecule has 1 aromatic carbocycles. The summed E-state index contributed by atoms with van der Waals surface area (Å²) in [6.45, 7) is 4.12. The summed E-state index contributed by atoms with van der Waals surface area (Å²) in [6.07, 6.45) is 1.10. The number of hydrogen-bond donors (Lipinski definition) is 1. The Morgan fingerprint density at radius 2 is 2.05 bits per heavy atom. The molecule has 22 heavy (non-hydrogen) atoms. The van der Waals surface area contributed by atoms with Crippen LogP contribution in [0.15, 0.2) is 29.6 Å². The molecule has 5 heteroatoms. The first kappa shape index (κ1) is 15.0. The van der Waals surface area contributed by atoms with Gasteiger partial charge in [0.25, 0.3) is 0 Å². The highest BCUT2D eigenvalue weighted by Gasteiger charge is 2.27. The minimum absolute atomic E-state index is 0.479. The molecule has 0 spiro atoms. The van der Waals surface area contributed by atoms with Crippen molar-refractivity contribution in [2.75, 3.05) is 31.0 Å². The lowest BCUT2D eigenvalue weighted by Crippen LogP contribution is -2.43. The number of hydrogen-bond acceptors (Lipinski definition) is 5. The second-order valence-electron chi connectivity index (χ2n) is 5.37. The van der Waals surface area contributed by atoms with Crippen molar-refractivity contribution >= 4 is 22.7 Å². The minimum atomic E-state index is 0.479. The van der Waals surface area contributed by atoms with Gasteiger partial charge in [-0.3, -0.25) is 0 Å². The number of nitrogens with zero attached hydrogens (tertiary/aromatic N) is 1. The molecule has 0 radical (unpaired) electrons. The number of nitrogens with one attached hydrogen (secondary N) is 1. The van der Waals surface area contributed by atoms with E-state index in [2.05, 4.69) is 40.7 Å². The van der Waals surface area contributed by atoms with Crippen LogP contribution in [0.5, 0.6) is 11.5 Å². The lowest BCUT2D eigenvalue weighted by molar-refractivity contribution is 0.355. The van der Waals surface area contributed by atoms with Gasteiger partial charge < -0.3 is 19.7 Å². The van der Waals surface area contributed by atoms with Crippen molar-refractivity contribution in [3.8, 4) is 11.5 Å². The zero-order chi connectivity index (χ0) is 15.5. The fourth-order valence-electron chi connectivity index (χ4n) is 2.93. The average Bonchev–Trinajstić information content (AvgIpc) is 3.07. The van der Waals surface area contributed by atoms with Gasteiger partial charge in [0.05, 0.1) is 32.1 Å². The molecule has 0 saturated carbocycles. The normalized spacial score (nSPS) is 16.9. The van der Waals surface area contributed by atoms with E-state index in [0.717, 1.165) is 36.7 Å². The summed E-state index contributed by atoms with van der Waals surface area (Å²) in [5, 5.41) is 5.66.